The molecule has 4 rings (SSSR count). The predicted molar refractivity (Wildman–Crippen MR) is 130 cm³/mol. The van der Waals surface area contributed by atoms with Gasteiger partial charge in [0.2, 0.25) is 5.95 Å². The summed E-state index contributed by atoms with van der Waals surface area (Å²) in [4.78, 5) is 24.0. The third kappa shape index (κ3) is 7.91. The van der Waals surface area contributed by atoms with Gasteiger partial charge in [-0.1, -0.05) is 24.3 Å². The summed E-state index contributed by atoms with van der Waals surface area (Å²) in [7, 11) is 0. The minimum atomic E-state index is -0.265. The normalized spacial score (nSPS) is 15.1. The average Bonchev–Trinajstić information content (AvgIpc) is 2.89. The molecule has 3 aromatic rings. The Labute approximate surface area is 252 Å². The summed E-state index contributed by atoms with van der Waals surface area (Å²) in [6.07, 6.45) is 4.95. The fraction of sp³-hybridized carbons (Fsp3) is 0.320. The first-order valence-electron chi connectivity index (χ1n) is 11.3. The van der Waals surface area contributed by atoms with Gasteiger partial charge in [0.05, 0.1) is 18.7 Å². The number of amides is 1. The largest absolute Gasteiger partial charge is 1.00 e. The molecule has 0 spiro atoms. The fourth-order valence-corrected chi connectivity index (χ4v) is 4.14. The van der Waals surface area contributed by atoms with Gasteiger partial charge >= 0.3 is 51.4 Å². The van der Waals surface area contributed by atoms with E-state index in [1.54, 1.807) is 18.2 Å². The van der Waals surface area contributed by atoms with Crippen LogP contribution in [0.5, 0.6) is 11.5 Å². The van der Waals surface area contributed by atoms with Crippen LogP contribution >= 0.6 is 12.0 Å². The van der Waals surface area contributed by atoms with Crippen molar-refractivity contribution in [3.05, 3.63) is 72.1 Å². The van der Waals surface area contributed by atoms with Gasteiger partial charge < -0.3 is 24.2 Å². The molecule has 2 aromatic carbocycles. The molecule has 1 aromatic heterocycles. The Morgan fingerprint density at radius 2 is 1.94 bits per heavy atom. The molecule has 1 amide bonds. The second kappa shape index (κ2) is 14.2. The van der Waals surface area contributed by atoms with Gasteiger partial charge in [-0.2, -0.15) is 0 Å². The first-order chi connectivity index (χ1) is 16.7. The van der Waals surface area contributed by atoms with E-state index >= 15 is 0 Å². The zero-order valence-corrected chi connectivity index (χ0v) is 23.9. The molecule has 0 radical (unpaired) electrons. The zero-order valence-electron chi connectivity index (χ0n) is 20.0. The maximum Gasteiger partial charge on any atom is 1.00 e. The van der Waals surface area contributed by atoms with Crippen molar-refractivity contribution in [3.8, 4) is 11.5 Å². The van der Waals surface area contributed by atoms with Crippen LogP contribution in [-0.4, -0.2) is 46.2 Å². The number of hydrogen-bond acceptors (Lipinski definition) is 8. The van der Waals surface area contributed by atoms with E-state index in [2.05, 4.69) is 20.2 Å². The van der Waals surface area contributed by atoms with Crippen LogP contribution < -0.4 is 71.1 Å². The van der Waals surface area contributed by atoms with E-state index in [-0.39, 0.29) is 63.4 Å². The number of carbonyl (C=O) groups is 1. The molecule has 1 N–H and O–H groups in total. The fourth-order valence-electron chi connectivity index (χ4n) is 3.81. The summed E-state index contributed by atoms with van der Waals surface area (Å²) in [6, 6.07) is 14.9. The molecule has 1 saturated heterocycles. The number of nitrogens with one attached hydrogen (secondary N) is 1. The number of anilines is 1. The summed E-state index contributed by atoms with van der Waals surface area (Å²) < 4.78 is 22.9. The van der Waals surface area contributed by atoms with Gasteiger partial charge in [0.15, 0.2) is 11.5 Å². The predicted octanol–water partition coefficient (Wildman–Crippen LogP) is 1.08. The molecule has 0 bridgehead atoms. The quantitative estimate of drug-likeness (QED) is 0.332. The number of ether oxygens (including phenoxy) is 2. The number of carbonyl (C=O) groups excluding carboxylic acids is 1. The molecule has 1 unspecified atom stereocenters. The van der Waals surface area contributed by atoms with E-state index in [0.29, 0.717) is 48.1 Å². The Bertz CT molecular complexity index is 1100. The van der Waals surface area contributed by atoms with Gasteiger partial charge in [-0.3, -0.25) is 4.79 Å². The zero-order chi connectivity index (χ0) is 23.8. The number of para-hydroxylation sites is 2. The Balaban J connectivity index is 0.00000342. The molecule has 2 heterocycles. The molecular formula is C25H27KN4O4S. The number of nitrogens with zero attached hydrogens (tertiary/aromatic N) is 3. The van der Waals surface area contributed by atoms with Gasteiger partial charge in [0, 0.05) is 25.5 Å². The molecule has 10 heteroatoms. The topological polar surface area (TPSA) is 99.6 Å². The van der Waals surface area contributed by atoms with Crippen molar-refractivity contribution in [1.29, 1.82) is 0 Å². The van der Waals surface area contributed by atoms with Crippen LogP contribution in [0.3, 0.4) is 0 Å². The van der Waals surface area contributed by atoms with E-state index in [1.807, 2.05) is 37.3 Å². The Kier molecular flexibility index (Phi) is 11.3. The van der Waals surface area contributed by atoms with Gasteiger partial charge in [0.1, 0.15) is 6.10 Å². The van der Waals surface area contributed by atoms with E-state index in [0.717, 1.165) is 36.4 Å². The Morgan fingerprint density at radius 3 is 2.69 bits per heavy atom. The van der Waals surface area contributed by atoms with Crippen LogP contribution in [-0.2, 0) is 6.54 Å². The number of hydrogen-bond donors (Lipinski definition) is 1. The Morgan fingerprint density at radius 1 is 1.17 bits per heavy atom. The molecule has 8 nitrogen and oxygen atoms in total. The third-order valence-electron chi connectivity index (χ3n) is 5.45. The van der Waals surface area contributed by atoms with Crippen LogP contribution in [0.2, 0.25) is 0 Å². The summed E-state index contributed by atoms with van der Waals surface area (Å²) in [6.45, 7) is 4.33. The summed E-state index contributed by atoms with van der Waals surface area (Å²) in [5.74, 6) is 1.79. The standard InChI is InChI=1S/C25H28N4O4S.K/c1-2-32-22-10-3-4-11-23(22)33-20-8-6-12-29(17-20)25-27-15-19(16-28-25)24(30)26-14-18-7-5-9-21(13-18)34-31;/h3-5,7,9-11,13,15-16,20,31H,2,6,8,12,14,17H2,1H3,(H,26,30);/q;+1/p-1. The second-order valence-electron chi connectivity index (χ2n) is 7.89. The number of rotatable bonds is 9. The van der Waals surface area contributed by atoms with Crippen molar-refractivity contribution >= 4 is 23.9 Å². The second-order valence-corrected chi connectivity index (χ2v) is 8.53. The average molecular weight is 519 g/mol. The number of benzene rings is 2. The van der Waals surface area contributed by atoms with E-state index in [4.69, 9.17) is 9.47 Å². The van der Waals surface area contributed by atoms with Gasteiger partial charge in [-0.25, -0.2) is 22.0 Å². The smallest absolute Gasteiger partial charge is 0.795 e. The van der Waals surface area contributed by atoms with Crippen molar-refractivity contribution in [3.63, 3.8) is 0 Å². The van der Waals surface area contributed by atoms with Crippen molar-refractivity contribution < 1.29 is 70.2 Å². The number of piperidine rings is 1. The Hall–Kier alpha value is -1.66. The molecule has 1 aliphatic rings. The SMILES string of the molecule is CCOc1ccccc1OC1CCCN(c2ncc(C(=O)NCc3cccc(S[O-])c3)cn2)C1.[K+]. The van der Waals surface area contributed by atoms with Gasteiger partial charge in [-0.15, -0.1) is 0 Å². The van der Waals surface area contributed by atoms with Crippen LogP contribution in [0.25, 0.3) is 0 Å². The van der Waals surface area contributed by atoms with E-state index < -0.39 is 0 Å². The third-order valence-corrected chi connectivity index (χ3v) is 5.90. The van der Waals surface area contributed by atoms with E-state index in [9.17, 15) is 9.35 Å². The van der Waals surface area contributed by atoms with Crippen LogP contribution in [0.15, 0.2) is 65.8 Å². The minimum absolute atomic E-state index is 0. The van der Waals surface area contributed by atoms with Crippen molar-refractivity contribution in [2.24, 2.45) is 0 Å². The number of aromatic nitrogens is 2. The van der Waals surface area contributed by atoms with Gasteiger partial charge in [-0.05, 0) is 54.5 Å². The maximum atomic E-state index is 12.5. The summed E-state index contributed by atoms with van der Waals surface area (Å²) >= 11 is 0.429. The summed E-state index contributed by atoms with van der Waals surface area (Å²) in [5, 5.41) is 2.84. The van der Waals surface area contributed by atoms with Crippen molar-refractivity contribution in [1.82, 2.24) is 15.3 Å². The molecule has 1 aliphatic heterocycles. The first kappa shape index (κ1) is 27.9. The minimum Gasteiger partial charge on any atom is -0.795 e. The molecule has 0 saturated carbocycles. The van der Waals surface area contributed by atoms with Crippen LogP contribution in [0.4, 0.5) is 5.95 Å². The maximum absolute atomic E-state index is 12.5. The van der Waals surface area contributed by atoms with E-state index in [1.165, 1.54) is 12.4 Å². The molecular weight excluding hydrogens is 491 g/mol. The summed E-state index contributed by atoms with van der Waals surface area (Å²) in [5.41, 5.74) is 1.24. The molecule has 35 heavy (non-hydrogen) atoms. The monoisotopic (exact) mass is 518 g/mol. The molecule has 178 valence electrons. The molecule has 0 aliphatic carbocycles. The van der Waals surface area contributed by atoms with Crippen molar-refractivity contribution in [2.75, 3.05) is 24.6 Å². The molecule has 1 fully saturated rings. The van der Waals surface area contributed by atoms with Crippen LogP contribution in [0, 0.1) is 0 Å². The van der Waals surface area contributed by atoms with Gasteiger partial charge in [0.25, 0.3) is 5.91 Å². The van der Waals surface area contributed by atoms with Crippen molar-refractivity contribution in [2.45, 2.75) is 37.3 Å². The molecule has 1 atom stereocenters. The van der Waals surface area contributed by atoms with Crippen LogP contribution in [0.1, 0.15) is 35.7 Å². The first-order valence-corrected chi connectivity index (χ1v) is 12.0.